The van der Waals surface area contributed by atoms with Gasteiger partial charge in [-0.05, 0) is 119 Å². The van der Waals surface area contributed by atoms with E-state index in [1.807, 2.05) is 0 Å². The number of anilines is 3. The largest absolute Gasteiger partial charge is 0.310 e. The Hall–Kier alpha value is -7.74. The smallest absolute Gasteiger partial charge is 0.0714 e. The molecule has 10 aromatic rings. The second kappa shape index (κ2) is 14.4. The topological polar surface area (TPSA) is 3.24 Å². The fourth-order valence-corrected chi connectivity index (χ4v) is 11.1. The van der Waals surface area contributed by atoms with Crippen molar-refractivity contribution in [2.24, 2.45) is 0 Å². The van der Waals surface area contributed by atoms with Gasteiger partial charge in [-0.15, -0.1) is 0 Å². The molecule has 0 radical (unpaired) electrons. The van der Waals surface area contributed by atoms with Crippen molar-refractivity contribution >= 4 is 27.8 Å². The summed E-state index contributed by atoms with van der Waals surface area (Å²) in [5.41, 5.74) is 20.7. The van der Waals surface area contributed by atoms with Crippen molar-refractivity contribution in [3.8, 4) is 44.5 Å². The molecular weight excluding hydrogens is 759 g/mol. The lowest BCUT2D eigenvalue weighted by Gasteiger charge is -2.34. The molecule has 12 rings (SSSR count). The van der Waals surface area contributed by atoms with Crippen LogP contribution in [-0.4, -0.2) is 0 Å². The molecule has 0 bridgehead atoms. The summed E-state index contributed by atoms with van der Waals surface area (Å²) in [5, 5.41) is 2.49. The molecule has 0 aliphatic heterocycles. The first-order valence-corrected chi connectivity index (χ1v) is 22.1. The molecule has 0 unspecified atom stereocenters. The zero-order chi connectivity index (χ0) is 42.1. The number of rotatable bonds is 7. The third-order valence-electron chi connectivity index (χ3n) is 13.9. The van der Waals surface area contributed by atoms with E-state index in [9.17, 15) is 0 Å². The number of benzene rings is 10. The Labute approximate surface area is 370 Å². The van der Waals surface area contributed by atoms with Crippen molar-refractivity contribution in [1.29, 1.82) is 0 Å². The molecule has 2 aliphatic rings. The molecule has 1 nitrogen and oxygen atoms in total. The van der Waals surface area contributed by atoms with Crippen LogP contribution in [0.15, 0.2) is 237 Å². The normalized spacial score (nSPS) is 13.8. The van der Waals surface area contributed by atoms with E-state index in [1.165, 1.54) is 88.7 Å². The first-order valence-electron chi connectivity index (χ1n) is 22.1. The zero-order valence-electron chi connectivity index (χ0n) is 35.5. The van der Waals surface area contributed by atoms with Gasteiger partial charge in [0.05, 0.1) is 11.1 Å². The van der Waals surface area contributed by atoms with E-state index < -0.39 is 5.41 Å². The molecular formula is C62H45N. The highest BCUT2D eigenvalue weighted by atomic mass is 15.1. The highest BCUT2D eigenvalue weighted by Gasteiger charge is 2.47. The second-order valence-corrected chi connectivity index (χ2v) is 17.6. The van der Waals surface area contributed by atoms with Gasteiger partial charge in [-0.3, -0.25) is 0 Å². The summed E-state index contributed by atoms with van der Waals surface area (Å²) in [4.78, 5) is 2.49. The molecule has 1 heteroatoms. The molecule has 2 aliphatic carbocycles. The highest BCUT2D eigenvalue weighted by molar-refractivity contribution is 6.00. The molecule has 0 N–H and O–H groups in total. The van der Waals surface area contributed by atoms with Crippen molar-refractivity contribution in [3.63, 3.8) is 0 Å². The zero-order valence-corrected chi connectivity index (χ0v) is 35.5. The maximum Gasteiger partial charge on any atom is 0.0714 e. The van der Waals surface area contributed by atoms with Crippen LogP contribution in [0.25, 0.3) is 55.3 Å². The van der Waals surface area contributed by atoms with E-state index in [1.54, 1.807) is 0 Å². The van der Waals surface area contributed by atoms with Gasteiger partial charge in [0, 0.05) is 22.4 Å². The van der Waals surface area contributed by atoms with Crippen LogP contribution in [0.1, 0.15) is 47.2 Å². The van der Waals surface area contributed by atoms with Gasteiger partial charge in [-0.2, -0.15) is 0 Å². The van der Waals surface area contributed by atoms with Crippen LogP contribution in [0.5, 0.6) is 0 Å². The summed E-state index contributed by atoms with van der Waals surface area (Å²) in [6.45, 7) is 4.71. The lowest BCUT2D eigenvalue weighted by Crippen LogP contribution is -2.28. The fourth-order valence-electron chi connectivity index (χ4n) is 11.1. The van der Waals surface area contributed by atoms with Gasteiger partial charge in [0.1, 0.15) is 0 Å². The van der Waals surface area contributed by atoms with Crippen molar-refractivity contribution in [3.05, 3.63) is 270 Å². The Morgan fingerprint density at radius 1 is 0.333 bits per heavy atom. The van der Waals surface area contributed by atoms with Gasteiger partial charge in [0.25, 0.3) is 0 Å². The summed E-state index contributed by atoms with van der Waals surface area (Å²) in [6, 6.07) is 87.8. The van der Waals surface area contributed by atoms with Crippen molar-refractivity contribution < 1.29 is 0 Å². The number of fused-ring (bicyclic) bond motifs is 7. The summed E-state index contributed by atoms with van der Waals surface area (Å²) < 4.78 is 0. The number of hydrogen-bond acceptors (Lipinski definition) is 1. The van der Waals surface area contributed by atoms with Gasteiger partial charge in [0.2, 0.25) is 0 Å². The van der Waals surface area contributed by atoms with E-state index in [-0.39, 0.29) is 5.41 Å². The fraction of sp³-hybridized carbons (Fsp3) is 0.0645. The molecule has 0 atom stereocenters. The molecule has 10 aromatic carbocycles. The van der Waals surface area contributed by atoms with Gasteiger partial charge in [0.15, 0.2) is 0 Å². The average molecular weight is 804 g/mol. The van der Waals surface area contributed by atoms with Crippen LogP contribution in [0.3, 0.4) is 0 Å². The molecule has 0 heterocycles. The molecule has 0 aromatic heterocycles. The third-order valence-corrected chi connectivity index (χ3v) is 13.9. The first kappa shape index (κ1) is 37.1. The minimum absolute atomic E-state index is 0.0630. The summed E-state index contributed by atoms with van der Waals surface area (Å²) in [7, 11) is 0. The summed E-state index contributed by atoms with van der Waals surface area (Å²) >= 11 is 0. The third kappa shape index (κ3) is 5.63. The van der Waals surface area contributed by atoms with Crippen LogP contribution in [0.2, 0.25) is 0 Å². The number of nitrogens with zero attached hydrogens (tertiary/aromatic N) is 1. The van der Waals surface area contributed by atoms with Gasteiger partial charge < -0.3 is 4.90 Å². The Bertz CT molecular complexity index is 3310. The molecule has 0 saturated heterocycles. The first-order chi connectivity index (χ1) is 31.0. The van der Waals surface area contributed by atoms with Crippen LogP contribution in [0.4, 0.5) is 17.1 Å². The number of hydrogen-bond donors (Lipinski definition) is 0. The maximum absolute atomic E-state index is 2.49. The van der Waals surface area contributed by atoms with Crippen LogP contribution >= 0.6 is 0 Å². The molecule has 0 saturated carbocycles. The SMILES string of the molecule is CC1(C)c2ccccc2-c2ccc(-c3ccc(N(c4cccc(-c5cccc6ccccc56)c4)c4cccc5c4-c4ccccc4C5(c4ccccc4)c4ccccc4)cc3)cc21. The van der Waals surface area contributed by atoms with Crippen LogP contribution < -0.4 is 4.90 Å². The van der Waals surface area contributed by atoms with Crippen LogP contribution in [0, 0.1) is 0 Å². The highest BCUT2D eigenvalue weighted by Crippen LogP contribution is 2.59. The second-order valence-electron chi connectivity index (χ2n) is 17.6. The van der Waals surface area contributed by atoms with Crippen molar-refractivity contribution in [1.82, 2.24) is 0 Å². The van der Waals surface area contributed by atoms with E-state index >= 15 is 0 Å². The molecule has 0 spiro atoms. The summed E-state index contributed by atoms with van der Waals surface area (Å²) in [5.74, 6) is 0. The molecule has 63 heavy (non-hydrogen) atoms. The lowest BCUT2D eigenvalue weighted by molar-refractivity contribution is 0.660. The lowest BCUT2D eigenvalue weighted by atomic mass is 9.68. The maximum atomic E-state index is 2.49. The standard InChI is InChI=1S/C62H45N/c1-61(2)55-30-13-11-27-52(55)53-39-36-44(41-58(53)61)42-34-37-48(38-35-42)63(49-25-15-20-45(40-49)51-29-16-19-43-18-9-10-26-50(43)51)59-33-17-32-57-60(59)54-28-12-14-31-56(54)62(57,46-21-5-3-6-22-46)47-23-7-4-8-24-47/h3-41H,1-2H3. The van der Waals surface area contributed by atoms with Gasteiger partial charge in [-0.1, -0.05) is 214 Å². The minimum atomic E-state index is -0.508. The van der Waals surface area contributed by atoms with Gasteiger partial charge >= 0.3 is 0 Å². The predicted molar refractivity (Wildman–Crippen MR) is 264 cm³/mol. The minimum Gasteiger partial charge on any atom is -0.310 e. The quantitative estimate of drug-likeness (QED) is 0.155. The Morgan fingerprint density at radius 3 is 1.68 bits per heavy atom. The van der Waals surface area contributed by atoms with Crippen molar-refractivity contribution in [2.75, 3.05) is 4.90 Å². The van der Waals surface area contributed by atoms with Gasteiger partial charge in [-0.25, -0.2) is 0 Å². The Kier molecular flexibility index (Phi) is 8.49. The van der Waals surface area contributed by atoms with Crippen molar-refractivity contribution in [2.45, 2.75) is 24.7 Å². The molecule has 298 valence electrons. The Morgan fingerprint density at radius 2 is 0.905 bits per heavy atom. The average Bonchev–Trinajstić information content (AvgIpc) is 3.78. The van der Waals surface area contributed by atoms with E-state index in [0.29, 0.717) is 0 Å². The predicted octanol–water partition coefficient (Wildman–Crippen LogP) is 16.3. The van der Waals surface area contributed by atoms with Crippen LogP contribution in [-0.2, 0) is 10.8 Å². The Balaban J connectivity index is 1.07. The monoisotopic (exact) mass is 803 g/mol. The van der Waals surface area contributed by atoms with E-state index in [4.69, 9.17) is 0 Å². The summed E-state index contributed by atoms with van der Waals surface area (Å²) in [6.07, 6.45) is 0. The van der Waals surface area contributed by atoms with E-state index in [0.717, 1.165) is 17.1 Å². The van der Waals surface area contributed by atoms with E-state index in [2.05, 4.69) is 255 Å². The molecule has 0 amide bonds. The molecule has 0 fully saturated rings.